The Morgan fingerprint density at radius 2 is 1.84 bits per heavy atom. The van der Waals surface area contributed by atoms with Crippen molar-refractivity contribution in [1.82, 2.24) is 9.62 Å². The van der Waals surface area contributed by atoms with Gasteiger partial charge in [0.1, 0.15) is 6.10 Å². The number of sulfonamides is 1. The zero-order chi connectivity index (χ0) is 27.3. The van der Waals surface area contributed by atoms with E-state index >= 15 is 0 Å². The third-order valence-corrected chi connectivity index (χ3v) is 8.63. The Hall–Kier alpha value is -2.70. The van der Waals surface area contributed by atoms with Gasteiger partial charge in [0, 0.05) is 18.8 Å². The first-order valence-corrected chi connectivity index (χ1v) is 14.4. The summed E-state index contributed by atoms with van der Waals surface area (Å²) in [7, 11) is -3.93. The van der Waals surface area contributed by atoms with E-state index in [0.717, 1.165) is 12.0 Å². The number of carbonyl (C=O) groups excluding carboxylic acids is 1. The van der Waals surface area contributed by atoms with Crippen LogP contribution in [0.1, 0.15) is 25.8 Å². The normalized spacial score (nSPS) is 22.8. The molecule has 10 nitrogen and oxygen atoms in total. The molecule has 2 aromatic carbocycles. The number of carbonyl (C=O) groups is 1. The molecule has 0 radical (unpaired) electrons. The fourth-order valence-electron chi connectivity index (χ4n) is 4.82. The van der Waals surface area contributed by atoms with Crippen LogP contribution in [0.4, 0.5) is 10.5 Å². The first-order chi connectivity index (χ1) is 18.1. The lowest BCUT2D eigenvalue weighted by Gasteiger charge is -2.31. The van der Waals surface area contributed by atoms with E-state index in [4.69, 9.17) is 19.9 Å². The average molecular weight is 548 g/mol. The van der Waals surface area contributed by atoms with E-state index in [0.29, 0.717) is 12.3 Å². The number of anilines is 1. The molecule has 0 aromatic heterocycles. The monoisotopic (exact) mass is 547 g/mol. The summed E-state index contributed by atoms with van der Waals surface area (Å²) in [6, 6.07) is 14.5. The van der Waals surface area contributed by atoms with Crippen molar-refractivity contribution in [3.8, 4) is 0 Å². The van der Waals surface area contributed by atoms with Gasteiger partial charge in [0.25, 0.3) is 0 Å². The molecule has 2 aliphatic heterocycles. The number of rotatable bonds is 11. The van der Waals surface area contributed by atoms with Crippen LogP contribution in [0, 0.1) is 11.8 Å². The minimum absolute atomic E-state index is 0.000183. The molecule has 38 heavy (non-hydrogen) atoms. The van der Waals surface area contributed by atoms with Crippen LogP contribution in [0.25, 0.3) is 0 Å². The molecule has 2 heterocycles. The topological polar surface area (TPSA) is 140 Å². The molecule has 4 N–H and O–H groups in total. The van der Waals surface area contributed by atoms with E-state index in [1.165, 1.54) is 28.6 Å². The number of amides is 1. The second-order valence-electron chi connectivity index (χ2n) is 10.3. The zero-order valence-corrected chi connectivity index (χ0v) is 22.5. The SMILES string of the molecule is CC(C)CN(C[C@H](O)[C@@H](Cc1ccccc1)NC(=O)O[C@@H]1CO[C@@H]2OCC[C@@H]21)S(=O)(=O)c1ccc(N)cc1. The standard InChI is InChI=1S/C27H37N3O7S/c1-18(2)15-30(38(33,34)21-10-8-20(28)9-11-21)16-24(31)23(14-19-6-4-3-5-7-19)29-27(32)37-25-17-36-26-22(25)12-13-35-26/h3-11,18,22-26,31H,12-17,28H2,1-2H3,(H,29,32)/t22-,23-,24+,25-,26+/m1/s1. The fraction of sp³-hybridized carbons (Fsp3) is 0.519. The number of hydrogen-bond donors (Lipinski definition) is 3. The summed E-state index contributed by atoms with van der Waals surface area (Å²) in [4.78, 5) is 13.0. The van der Waals surface area contributed by atoms with E-state index in [-0.39, 0.29) is 49.1 Å². The van der Waals surface area contributed by atoms with Crippen LogP contribution in [-0.2, 0) is 30.7 Å². The Morgan fingerprint density at radius 3 is 2.53 bits per heavy atom. The maximum Gasteiger partial charge on any atom is 0.407 e. The predicted octanol–water partition coefficient (Wildman–Crippen LogP) is 2.38. The lowest BCUT2D eigenvalue weighted by Crippen LogP contribution is -2.51. The molecule has 208 valence electrons. The number of aliphatic hydroxyl groups excluding tert-OH is 1. The van der Waals surface area contributed by atoms with Gasteiger partial charge in [-0.05, 0) is 48.6 Å². The van der Waals surface area contributed by atoms with Crippen LogP contribution in [0.15, 0.2) is 59.5 Å². The van der Waals surface area contributed by atoms with Gasteiger partial charge in [0.15, 0.2) is 6.29 Å². The van der Waals surface area contributed by atoms with Gasteiger partial charge in [-0.2, -0.15) is 4.31 Å². The van der Waals surface area contributed by atoms with Gasteiger partial charge < -0.3 is 30.4 Å². The third-order valence-electron chi connectivity index (χ3n) is 6.79. The lowest BCUT2D eigenvalue weighted by atomic mass is 10.0. The summed E-state index contributed by atoms with van der Waals surface area (Å²) in [5.74, 6) is -0.0231. The summed E-state index contributed by atoms with van der Waals surface area (Å²) in [6.45, 7) is 4.58. The third kappa shape index (κ3) is 7.03. The van der Waals surface area contributed by atoms with Gasteiger partial charge in [-0.25, -0.2) is 13.2 Å². The van der Waals surface area contributed by atoms with E-state index < -0.39 is 34.4 Å². The number of aliphatic hydroxyl groups is 1. The molecule has 2 aliphatic rings. The molecule has 4 rings (SSSR count). The molecule has 0 aliphatic carbocycles. The first-order valence-electron chi connectivity index (χ1n) is 12.9. The van der Waals surface area contributed by atoms with Crippen molar-refractivity contribution >= 4 is 21.8 Å². The predicted molar refractivity (Wildman–Crippen MR) is 142 cm³/mol. The number of fused-ring (bicyclic) bond motifs is 1. The number of nitrogens with one attached hydrogen (secondary N) is 1. The average Bonchev–Trinajstić information content (AvgIpc) is 3.49. The van der Waals surface area contributed by atoms with Crippen LogP contribution in [0.3, 0.4) is 0 Å². The highest BCUT2D eigenvalue weighted by atomic mass is 32.2. The smallest absolute Gasteiger partial charge is 0.407 e. The summed E-state index contributed by atoms with van der Waals surface area (Å²) in [6.07, 6.45) is -1.69. The number of benzene rings is 2. The van der Waals surface area contributed by atoms with Crippen molar-refractivity contribution in [3.63, 3.8) is 0 Å². The van der Waals surface area contributed by atoms with Crippen molar-refractivity contribution < 1.29 is 32.5 Å². The van der Waals surface area contributed by atoms with Gasteiger partial charge in [-0.1, -0.05) is 44.2 Å². The second-order valence-corrected chi connectivity index (χ2v) is 12.2. The van der Waals surface area contributed by atoms with E-state index in [1.54, 1.807) is 0 Å². The number of ether oxygens (including phenoxy) is 3. The van der Waals surface area contributed by atoms with Crippen molar-refractivity contribution in [3.05, 3.63) is 60.2 Å². The molecule has 0 bridgehead atoms. The molecule has 0 saturated carbocycles. The Morgan fingerprint density at radius 1 is 1.13 bits per heavy atom. The van der Waals surface area contributed by atoms with Gasteiger partial charge in [-0.3, -0.25) is 0 Å². The minimum Gasteiger partial charge on any atom is -0.443 e. The molecular weight excluding hydrogens is 510 g/mol. The maximum absolute atomic E-state index is 13.5. The summed E-state index contributed by atoms with van der Waals surface area (Å²) < 4.78 is 44.9. The Kier molecular flexibility index (Phi) is 9.27. The molecule has 5 atom stereocenters. The van der Waals surface area contributed by atoms with E-state index in [2.05, 4.69) is 5.32 Å². The first kappa shape index (κ1) is 28.3. The van der Waals surface area contributed by atoms with Crippen LogP contribution in [0.2, 0.25) is 0 Å². The van der Waals surface area contributed by atoms with Gasteiger partial charge in [-0.15, -0.1) is 0 Å². The molecule has 2 saturated heterocycles. The summed E-state index contributed by atoms with van der Waals surface area (Å²) in [5, 5.41) is 14.1. The highest BCUT2D eigenvalue weighted by Gasteiger charge is 2.44. The van der Waals surface area contributed by atoms with Gasteiger partial charge in [0.05, 0.1) is 36.2 Å². The van der Waals surface area contributed by atoms with Crippen molar-refractivity contribution in [2.75, 3.05) is 32.0 Å². The number of nitrogens with zero attached hydrogens (tertiary/aromatic N) is 1. The highest BCUT2D eigenvalue weighted by Crippen LogP contribution is 2.33. The highest BCUT2D eigenvalue weighted by molar-refractivity contribution is 7.89. The van der Waals surface area contributed by atoms with Gasteiger partial charge >= 0.3 is 6.09 Å². The zero-order valence-electron chi connectivity index (χ0n) is 21.7. The molecular formula is C27H37N3O7S. The Labute approximate surface area is 224 Å². The Balaban J connectivity index is 1.51. The molecule has 2 aromatic rings. The molecule has 0 spiro atoms. The van der Waals surface area contributed by atoms with Crippen molar-refractivity contribution in [2.45, 2.75) is 56.1 Å². The summed E-state index contributed by atoms with van der Waals surface area (Å²) >= 11 is 0. The van der Waals surface area contributed by atoms with Crippen LogP contribution >= 0.6 is 0 Å². The second kappa shape index (κ2) is 12.4. The number of alkyl carbamates (subject to hydrolysis) is 1. The van der Waals surface area contributed by atoms with Gasteiger partial charge in [0.2, 0.25) is 10.0 Å². The van der Waals surface area contributed by atoms with E-state index in [1.807, 2.05) is 44.2 Å². The molecule has 11 heteroatoms. The molecule has 0 unspecified atom stereocenters. The van der Waals surface area contributed by atoms with Crippen molar-refractivity contribution in [1.29, 1.82) is 0 Å². The molecule has 2 fully saturated rings. The number of nitrogen functional groups attached to an aromatic ring is 1. The minimum atomic E-state index is -3.93. The molecule has 1 amide bonds. The fourth-order valence-corrected chi connectivity index (χ4v) is 6.45. The lowest BCUT2D eigenvalue weighted by molar-refractivity contribution is -0.0907. The quantitative estimate of drug-likeness (QED) is 0.364. The van der Waals surface area contributed by atoms with Crippen LogP contribution in [0.5, 0.6) is 0 Å². The number of hydrogen-bond acceptors (Lipinski definition) is 8. The largest absolute Gasteiger partial charge is 0.443 e. The Bertz CT molecular complexity index is 1160. The van der Waals surface area contributed by atoms with E-state index in [9.17, 15) is 18.3 Å². The van der Waals surface area contributed by atoms with Crippen LogP contribution < -0.4 is 11.1 Å². The maximum atomic E-state index is 13.5. The van der Waals surface area contributed by atoms with Crippen molar-refractivity contribution in [2.24, 2.45) is 11.8 Å². The summed E-state index contributed by atoms with van der Waals surface area (Å²) in [5.41, 5.74) is 7.07. The number of nitrogens with two attached hydrogens (primary N) is 1. The van der Waals surface area contributed by atoms with Crippen LogP contribution in [-0.4, -0.2) is 74.8 Å².